The first-order valence-electron chi connectivity index (χ1n) is 14.7. The number of carbonyl (C=O) groups is 3. The van der Waals surface area contributed by atoms with Crippen molar-refractivity contribution in [3.05, 3.63) is 83.6 Å². The largest absolute Gasteiger partial charge is 0.457 e. The summed E-state index contributed by atoms with van der Waals surface area (Å²) in [5.74, 6) is 1.22. The predicted molar refractivity (Wildman–Crippen MR) is 165 cm³/mol. The van der Waals surface area contributed by atoms with Gasteiger partial charge in [-0.25, -0.2) is 9.78 Å². The summed E-state index contributed by atoms with van der Waals surface area (Å²) in [4.78, 5) is 47.9. The van der Waals surface area contributed by atoms with Gasteiger partial charge in [0.25, 0.3) is 5.91 Å². The lowest BCUT2D eigenvalue weighted by atomic mass is 9.99. The molecule has 7 rings (SSSR count). The van der Waals surface area contributed by atoms with Crippen LogP contribution in [-0.2, 0) is 9.59 Å². The van der Waals surface area contributed by atoms with E-state index in [-0.39, 0.29) is 29.5 Å². The zero-order valence-electron chi connectivity index (χ0n) is 24.0. The van der Waals surface area contributed by atoms with Gasteiger partial charge < -0.3 is 20.3 Å². The molecule has 4 amide bonds. The smallest absolute Gasteiger partial charge is 0.327 e. The number of hydrogen-bond donors (Lipinski definition) is 2. The number of anilines is 2. The van der Waals surface area contributed by atoms with Crippen molar-refractivity contribution in [3.8, 4) is 17.6 Å². The number of nitriles is 1. The quantitative estimate of drug-likeness (QED) is 0.282. The van der Waals surface area contributed by atoms with Crippen LogP contribution in [0.3, 0.4) is 0 Å². The zero-order chi connectivity index (χ0) is 30.4. The second-order valence-corrected chi connectivity index (χ2v) is 12.6. The molecule has 2 N–H and O–H groups in total. The number of rotatable bonds is 7. The highest BCUT2D eigenvalue weighted by molar-refractivity contribution is 8.01. The van der Waals surface area contributed by atoms with Crippen molar-refractivity contribution in [1.29, 1.82) is 5.26 Å². The van der Waals surface area contributed by atoms with Gasteiger partial charge in [-0.05, 0) is 74.1 Å². The number of pyridine rings is 1. The van der Waals surface area contributed by atoms with Gasteiger partial charge in [-0.3, -0.25) is 14.5 Å². The van der Waals surface area contributed by atoms with E-state index in [1.807, 2.05) is 67.6 Å². The number of benzene rings is 2. The number of para-hydroxylation sites is 1. The Bertz CT molecular complexity index is 1730. The van der Waals surface area contributed by atoms with Gasteiger partial charge in [0.15, 0.2) is 0 Å². The van der Waals surface area contributed by atoms with E-state index < -0.39 is 11.3 Å². The van der Waals surface area contributed by atoms with Crippen LogP contribution in [0.15, 0.2) is 77.5 Å². The van der Waals surface area contributed by atoms with Gasteiger partial charge in [0.05, 0.1) is 17.4 Å². The van der Waals surface area contributed by atoms with Crippen molar-refractivity contribution in [2.75, 3.05) is 18.0 Å². The highest BCUT2D eigenvalue weighted by Gasteiger charge is 2.47. The molecule has 2 unspecified atom stereocenters. The molecule has 3 aliphatic heterocycles. The number of aromatic nitrogens is 1. The summed E-state index contributed by atoms with van der Waals surface area (Å²) in [6.07, 6.45) is 6.06. The van der Waals surface area contributed by atoms with Gasteiger partial charge in [-0.15, -0.1) is 0 Å². The highest BCUT2D eigenvalue weighted by Crippen LogP contribution is 2.51. The number of carbonyl (C=O) groups excluding carboxylic acids is 3. The van der Waals surface area contributed by atoms with Crippen LogP contribution in [-0.4, -0.2) is 52.1 Å². The molecule has 11 heteroatoms. The molecular formula is C33H30N6O4S. The first-order chi connectivity index (χ1) is 21.4. The third kappa shape index (κ3) is 5.26. The lowest BCUT2D eigenvalue weighted by Gasteiger charge is -2.35. The van der Waals surface area contributed by atoms with E-state index in [1.54, 1.807) is 22.1 Å². The van der Waals surface area contributed by atoms with E-state index >= 15 is 0 Å². The maximum atomic E-state index is 13.6. The first-order valence-corrected chi connectivity index (χ1v) is 15.6. The van der Waals surface area contributed by atoms with Crippen molar-refractivity contribution in [2.45, 2.75) is 48.5 Å². The lowest BCUT2D eigenvalue weighted by Crippen LogP contribution is -2.50. The number of nitrogens with one attached hydrogen (secondary N) is 2. The Morgan fingerprint density at radius 2 is 1.93 bits per heavy atom. The first kappa shape index (κ1) is 28.0. The minimum Gasteiger partial charge on any atom is -0.457 e. The Kier molecular flexibility index (Phi) is 7.22. The highest BCUT2D eigenvalue weighted by atomic mass is 32.2. The monoisotopic (exact) mass is 606 g/mol. The Balaban J connectivity index is 1.06. The second-order valence-electron chi connectivity index (χ2n) is 11.5. The number of thioether (sulfide) groups is 1. The minimum atomic E-state index is -0.610. The van der Waals surface area contributed by atoms with Crippen LogP contribution < -0.4 is 20.3 Å². The summed E-state index contributed by atoms with van der Waals surface area (Å²) < 4.78 is 5.98. The standard InChI is InChI=1S/C33H30N6O4S/c1-19-15-24(43-23-5-3-2-4-6-23)9-10-25(19)39-26-11-13-35-31-27(26)28(37-33(39)42)29(44-31)30(40)36-22-12-14-38(18-22)32(41)21(17-34)16-20-7-8-20/h2-6,9-11,13,15-16,20,22,28-29H,7-8,12,14,18H2,1H3,(H,36,40)(H,37,42)/b21-16+/t22?,28?,29-/m0/s1. The maximum absolute atomic E-state index is 13.6. The number of amides is 4. The number of allylic oxidation sites excluding steroid dienone is 1. The lowest BCUT2D eigenvalue weighted by molar-refractivity contribution is -0.126. The zero-order valence-corrected chi connectivity index (χ0v) is 24.8. The molecule has 0 radical (unpaired) electrons. The number of hydrogen-bond acceptors (Lipinski definition) is 7. The Labute approximate surface area is 259 Å². The minimum absolute atomic E-state index is 0.183. The number of aryl methyl sites for hydroxylation is 1. The topological polar surface area (TPSA) is 128 Å². The molecule has 4 heterocycles. The molecule has 1 aliphatic carbocycles. The van der Waals surface area contributed by atoms with Crippen LogP contribution >= 0.6 is 11.8 Å². The van der Waals surface area contributed by atoms with E-state index in [4.69, 9.17) is 4.74 Å². The third-order valence-electron chi connectivity index (χ3n) is 8.35. The van der Waals surface area contributed by atoms with E-state index in [9.17, 15) is 19.6 Å². The molecule has 1 saturated carbocycles. The van der Waals surface area contributed by atoms with Gasteiger partial charge in [0.1, 0.15) is 33.4 Å². The van der Waals surface area contributed by atoms with Gasteiger partial charge in [-0.1, -0.05) is 36.0 Å². The fourth-order valence-corrected chi connectivity index (χ4v) is 7.24. The molecule has 44 heavy (non-hydrogen) atoms. The van der Waals surface area contributed by atoms with Crippen LogP contribution in [0.2, 0.25) is 0 Å². The summed E-state index contributed by atoms with van der Waals surface area (Å²) in [5, 5.41) is 15.7. The molecule has 3 atom stereocenters. The fourth-order valence-electron chi connectivity index (χ4n) is 6.00. The Morgan fingerprint density at radius 3 is 2.68 bits per heavy atom. The van der Waals surface area contributed by atoms with Crippen LogP contribution in [0.1, 0.15) is 36.4 Å². The summed E-state index contributed by atoms with van der Waals surface area (Å²) in [6, 6.07) is 17.8. The normalized spacial score (nSPS) is 22.2. The van der Waals surface area contributed by atoms with Crippen LogP contribution in [0.4, 0.5) is 16.2 Å². The van der Waals surface area contributed by atoms with Crippen molar-refractivity contribution in [1.82, 2.24) is 20.5 Å². The van der Waals surface area contributed by atoms with Crippen molar-refractivity contribution in [2.24, 2.45) is 5.92 Å². The van der Waals surface area contributed by atoms with Gasteiger partial charge in [0.2, 0.25) is 5.91 Å². The molecule has 0 bridgehead atoms. The molecule has 10 nitrogen and oxygen atoms in total. The van der Waals surface area contributed by atoms with Crippen LogP contribution in [0.25, 0.3) is 0 Å². The van der Waals surface area contributed by atoms with Crippen molar-refractivity contribution >= 4 is 41.0 Å². The van der Waals surface area contributed by atoms with Gasteiger partial charge >= 0.3 is 6.03 Å². The van der Waals surface area contributed by atoms with Crippen molar-refractivity contribution in [3.63, 3.8) is 0 Å². The fraction of sp³-hybridized carbons (Fsp3) is 0.303. The summed E-state index contributed by atoms with van der Waals surface area (Å²) >= 11 is 1.33. The second kappa shape index (κ2) is 11.4. The SMILES string of the molecule is Cc1cc(Oc2ccccc2)ccc1N1C(=O)NC2c3c1ccnc3S[C@@H]2C(=O)NC1CCN(C(=O)/C(C#N)=C/C2CC2)C1. The summed E-state index contributed by atoms with van der Waals surface area (Å²) in [6.45, 7) is 2.74. The molecule has 3 aromatic rings. The average molecular weight is 607 g/mol. The summed E-state index contributed by atoms with van der Waals surface area (Å²) in [5.41, 5.74) is 3.24. The Hall–Kier alpha value is -4.82. The molecule has 2 aromatic carbocycles. The molecule has 0 spiro atoms. The number of nitrogens with zero attached hydrogens (tertiary/aromatic N) is 4. The van der Waals surface area contributed by atoms with Crippen LogP contribution in [0, 0.1) is 24.2 Å². The van der Waals surface area contributed by atoms with Crippen molar-refractivity contribution < 1.29 is 19.1 Å². The molecule has 1 aromatic heterocycles. The van der Waals surface area contributed by atoms with Crippen LogP contribution in [0.5, 0.6) is 11.5 Å². The number of urea groups is 1. The molecular weight excluding hydrogens is 576 g/mol. The molecule has 2 fully saturated rings. The maximum Gasteiger partial charge on any atom is 0.327 e. The van der Waals surface area contributed by atoms with E-state index in [2.05, 4.69) is 15.6 Å². The predicted octanol–water partition coefficient (Wildman–Crippen LogP) is 5.14. The number of ether oxygens (including phenoxy) is 1. The number of likely N-dealkylation sites (tertiary alicyclic amines) is 1. The molecule has 4 aliphatic rings. The Morgan fingerprint density at radius 1 is 1.11 bits per heavy atom. The van der Waals surface area contributed by atoms with E-state index in [0.29, 0.717) is 47.6 Å². The van der Waals surface area contributed by atoms with Gasteiger partial charge in [0, 0.05) is 30.9 Å². The molecule has 1 saturated heterocycles. The van der Waals surface area contributed by atoms with E-state index in [1.165, 1.54) is 11.8 Å². The molecule has 222 valence electrons. The van der Waals surface area contributed by atoms with Gasteiger partial charge in [-0.2, -0.15) is 5.26 Å². The van der Waals surface area contributed by atoms with E-state index in [0.717, 1.165) is 29.7 Å². The third-order valence-corrected chi connectivity index (χ3v) is 9.64. The summed E-state index contributed by atoms with van der Waals surface area (Å²) in [7, 11) is 0. The average Bonchev–Trinajstić information content (AvgIpc) is 3.60.